The van der Waals surface area contributed by atoms with E-state index in [0.717, 1.165) is 55.9 Å². The zero-order valence-corrected chi connectivity index (χ0v) is 17.3. The van der Waals surface area contributed by atoms with Gasteiger partial charge in [-0.05, 0) is 55.7 Å². The summed E-state index contributed by atoms with van der Waals surface area (Å²) in [6.07, 6.45) is 10.3. The van der Waals surface area contributed by atoms with E-state index in [2.05, 4.69) is 11.4 Å². The van der Waals surface area contributed by atoms with Gasteiger partial charge in [-0.3, -0.25) is 4.79 Å². The molecule has 0 radical (unpaired) electrons. The molecule has 0 atom stereocenters. The van der Waals surface area contributed by atoms with Gasteiger partial charge in [-0.2, -0.15) is 0 Å². The van der Waals surface area contributed by atoms with Crippen molar-refractivity contribution in [3.63, 3.8) is 0 Å². The molecule has 3 aromatic rings. The number of imidazole rings is 1. The van der Waals surface area contributed by atoms with E-state index in [0.29, 0.717) is 17.2 Å². The Morgan fingerprint density at radius 2 is 2.03 bits per heavy atom. The summed E-state index contributed by atoms with van der Waals surface area (Å²) in [6, 6.07) is 8.03. The number of hydrogen-bond donors (Lipinski definition) is 1. The Hall–Kier alpha value is -2.86. The van der Waals surface area contributed by atoms with Gasteiger partial charge in [0.2, 0.25) is 0 Å². The minimum atomic E-state index is -0.158. The molecule has 2 aromatic heterocycles. The fourth-order valence-corrected chi connectivity index (χ4v) is 4.65. The van der Waals surface area contributed by atoms with Crippen molar-refractivity contribution < 1.29 is 14.3 Å². The molecule has 1 aromatic carbocycles. The monoisotopic (exact) mass is 405 g/mol. The first-order valence-electron chi connectivity index (χ1n) is 10.8. The van der Waals surface area contributed by atoms with Gasteiger partial charge in [-0.25, -0.2) is 4.98 Å². The van der Waals surface area contributed by atoms with Crippen molar-refractivity contribution in [1.29, 1.82) is 0 Å². The molecule has 3 heterocycles. The van der Waals surface area contributed by atoms with Crippen molar-refractivity contribution in [1.82, 2.24) is 9.38 Å². The molecule has 0 saturated carbocycles. The minimum absolute atomic E-state index is 0.158. The summed E-state index contributed by atoms with van der Waals surface area (Å²) < 4.78 is 12.9. The number of pyridine rings is 1. The van der Waals surface area contributed by atoms with Crippen molar-refractivity contribution in [2.45, 2.75) is 44.4 Å². The van der Waals surface area contributed by atoms with Gasteiger partial charge in [0, 0.05) is 43.3 Å². The molecule has 2 aliphatic rings. The lowest BCUT2D eigenvalue weighted by atomic mass is 9.90. The lowest BCUT2D eigenvalue weighted by molar-refractivity contribution is 0.0846. The molecule has 1 amide bonds. The summed E-state index contributed by atoms with van der Waals surface area (Å²) in [5, 5.41) is 3.13. The van der Waals surface area contributed by atoms with Crippen molar-refractivity contribution in [3.05, 3.63) is 59.0 Å². The number of nitrogens with zero attached hydrogens (tertiary/aromatic N) is 2. The summed E-state index contributed by atoms with van der Waals surface area (Å²) in [5.41, 5.74) is 5.87. The average molecular weight is 405 g/mol. The van der Waals surface area contributed by atoms with Crippen LogP contribution in [0.25, 0.3) is 5.65 Å². The van der Waals surface area contributed by atoms with Gasteiger partial charge < -0.3 is 19.2 Å². The van der Waals surface area contributed by atoms with Gasteiger partial charge in [-0.15, -0.1) is 0 Å². The number of carbonyl (C=O) groups excluding carboxylic acids is 1. The predicted octanol–water partition coefficient (Wildman–Crippen LogP) is 4.37. The molecule has 1 N–H and O–H groups in total. The highest BCUT2D eigenvalue weighted by Crippen LogP contribution is 2.31. The first-order valence-corrected chi connectivity index (χ1v) is 10.8. The number of carbonyl (C=O) groups is 1. The van der Waals surface area contributed by atoms with E-state index in [4.69, 9.17) is 14.5 Å². The Labute approximate surface area is 176 Å². The second-order valence-corrected chi connectivity index (χ2v) is 8.18. The molecule has 1 saturated heterocycles. The van der Waals surface area contributed by atoms with Gasteiger partial charge in [0.1, 0.15) is 11.4 Å². The molecule has 0 bridgehead atoms. The van der Waals surface area contributed by atoms with Gasteiger partial charge in [0.25, 0.3) is 5.91 Å². The maximum atomic E-state index is 13.2. The highest BCUT2D eigenvalue weighted by Gasteiger charge is 2.22. The quantitative estimate of drug-likeness (QED) is 0.700. The number of aryl methyl sites for hydroxylation is 1. The van der Waals surface area contributed by atoms with Crippen LogP contribution < -0.4 is 10.1 Å². The summed E-state index contributed by atoms with van der Waals surface area (Å²) >= 11 is 0. The maximum absolute atomic E-state index is 13.2. The molecular weight excluding hydrogens is 378 g/mol. The zero-order valence-electron chi connectivity index (χ0n) is 17.3. The van der Waals surface area contributed by atoms with E-state index in [-0.39, 0.29) is 5.91 Å². The molecule has 1 aliphatic heterocycles. The maximum Gasteiger partial charge on any atom is 0.260 e. The Kier molecular flexibility index (Phi) is 5.17. The fourth-order valence-electron chi connectivity index (χ4n) is 4.65. The third-order valence-corrected chi connectivity index (χ3v) is 6.32. The molecular formula is C24H27N3O3. The number of hydrogen-bond acceptors (Lipinski definition) is 4. The van der Waals surface area contributed by atoms with E-state index in [9.17, 15) is 4.79 Å². The number of rotatable bonds is 4. The molecule has 1 aliphatic carbocycles. The van der Waals surface area contributed by atoms with Gasteiger partial charge in [0.15, 0.2) is 0 Å². The van der Waals surface area contributed by atoms with Crippen LogP contribution in [0.1, 0.15) is 58.8 Å². The van der Waals surface area contributed by atoms with Crippen molar-refractivity contribution in [2.24, 2.45) is 0 Å². The number of anilines is 1. The molecule has 1 fully saturated rings. The van der Waals surface area contributed by atoms with Crippen LogP contribution in [0.3, 0.4) is 0 Å². The second kappa shape index (κ2) is 8.11. The molecule has 6 nitrogen and oxygen atoms in total. The molecule has 6 heteroatoms. The topological polar surface area (TPSA) is 64.9 Å². The van der Waals surface area contributed by atoms with Crippen LogP contribution in [0.5, 0.6) is 5.75 Å². The lowest BCUT2D eigenvalue weighted by Crippen LogP contribution is -2.17. The Morgan fingerprint density at radius 1 is 1.20 bits per heavy atom. The smallest absolute Gasteiger partial charge is 0.260 e. The number of methoxy groups -OCH3 is 1. The van der Waals surface area contributed by atoms with Crippen molar-refractivity contribution in [2.75, 3.05) is 25.6 Å². The van der Waals surface area contributed by atoms with Crippen LogP contribution in [0.15, 0.2) is 36.7 Å². The van der Waals surface area contributed by atoms with Crippen LogP contribution in [-0.2, 0) is 17.6 Å². The number of fused-ring (bicyclic) bond motifs is 2. The van der Waals surface area contributed by atoms with E-state index >= 15 is 0 Å². The molecule has 0 spiro atoms. The second-order valence-electron chi connectivity index (χ2n) is 8.18. The third-order valence-electron chi connectivity index (χ3n) is 6.32. The first kappa shape index (κ1) is 19.1. The van der Waals surface area contributed by atoms with Crippen LogP contribution in [0, 0.1) is 0 Å². The van der Waals surface area contributed by atoms with Crippen LogP contribution in [-0.4, -0.2) is 35.6 Å². The molecule has 156 valence electrons. The number of aromatic nitrogens is 2. The highest BCUT2D eigenvalue weighted by molar-refractivity contribution is 6.06. The number of amides is 1. The Bertz CT molecular complexity index is 1080. The van der Waals surface area contributed by atoms with Gasteiger partial charge >= 0.3 is 0 Å². The third kappa shape index (κ3) is 3.56. The summed E-state index contributed by atoms with van der Waals surface area (Å²) in [5.74, 6) is 0.778. The van der Waals surface area contributed by atoms with Crippen molar-refractivity contribution in [3.8, 4) is 5.75 Å². The Balaban J connectivity index is 1.46. The first-order chi connectivity index (χ1) is 14.7. The zero-order chi connectivity index (χ0) is 20.5. The summed E-state index contributed by atoms with van der Waals surface area (Å²) in [6.45, 7) is 1.55. The lowest BCUT2D eigenvalue weighted by Gasteiger charge is -2.20. The number of nitrogens with one attached hydrogen (secondary N) is 1. The molecule has 5 rings (SSSR count). The SMILES string of the molecule is COc1cc2nc(C3CCOCC3)cn2cc1C(=O)Nc1cccc2c1CCCC2. The van der Waals surface area contributed by atoms with E-state index in [1.807, 2.05) is 35.0 Å². The standard InChI is InChI=1S/C24H27N3O3/c1-29-22-13-23-25-21(17-9-11-30-12-10-17)15-27(23)14-19(22)24(28)26-20-8-4-6-16-5-2-3-7-18(16)20/h4,6,8,13-15,17H,2-3,5,7,9-12H2,1H3,(H,26,28). The predicted molar refractivity (Wildman–Crippen MR) is 116 cm³/mol. The fraction of sp³-hybridized carbons (Fsp3) is 0.417. The number of benzene rings is 1. The Morgan fingerprint density at radius 3 is 2.87 bits per heavy atom. The van der Waals surface area contributed by atoms with E-state index < -0.39 is 0 Å². The van der Waals surface area contributed by atoms with Crippen LogP contribution in [0.4, 0.5) is 5.69 Å². The average Bonchev–Trinajstić information content (AvgIpc) is 3.22. The minimum Gasteiger partial charge on any atom is -0.496 e. The highest BCUT2D eigenvalue weighted by atomic mass is 16.5. The van der Waals surface area contributed by atoms with Crippen LogP contribution in [0.2, 0.25) is 0 Å². The van der Waals surface area contributed by atoms with Crippen molar-refractivity contribution >= 4 is 17.2 Å². The van der Waals surface area contributed by atoms with E-state index in [1.54, 1.807) is 7.11 Å². The summed E-state index contributed by atoms with van der Waals surface area (Å²) in [7, 11) is 1.59. The summed E-state index contributed by atoms with van der Waals surface area (Å²) in [4.78, 5) is 18.0. The van der Waals surface area contributed by atoms with E-state index in [1.165, 1.54) is 24.0 Å². The molecule has 30 heavy (non-hydrogen) atoms. The van der Waals surface area contributed by atoms with Gasteiger partial charge in [0.05, 0.1) is 18.4 Å². The normalized spacial score (nSPS) is 17.0. The van der Waals surface area contributed by atoms with Crippen LogP contribution >= 0.6 is 0 Å². The largest absolute Gasteiger partial charge is 0.496 e. The number of ether oxygens (including phenoxy) is 2. The van der Waals surface area contributed by atoms with Gasteiger partial charge in [-0.1, -0.05) is 12.1 Å². The molecule has 0 unspecified atom stereocenters.